The van der Waals surface area contributed by atoms with Gasteiger partial charge in [0.05, 0.1) is 0 Å². The van der Waals surface area contributed by atoms with Crippen LogP contribution in [0.2, 0.25) is 0 Å². The number of aryl methyl sites for hydroxylation is 1. The standard InChI is InChI=1S/C7H10ClN3OS/c1-5-9-7(13-11-5)10-6(12)3-2-4-8/h2-4H2,1H3,(H,9,10,11,12). The molecule has 0 spiro atoms. The Morgan fingerprint density at radius 2 is 2.46 bits per heavy atom. The van der Waals surface area contributed by atoms with Crippen molar-refractivity contribution in [2.45, 2.75) is 19.8 Å². The average molecular weight is 220 g/mol. The van der Waals surface area contributed by atoms with Crippen LogP contribution in [0.15, 0.2) is 0 Å². The van der Waals surface area contributed by atoms with Gasteiger partial charge in [-0.2, -0.15) is 4.37 Å². The number of nitrogens with one attached hydrogen (secondary N) is 1. The lowest BCUT2D eigenvalue weighted by atomic mass is 10.3. The summed E-state index contributed by atoms with van der Waals surface area (Å²) in [5, 5.41) is 3.20. The zero-order valence-electron chi connectivity index (χ0n) is 7.21. The second kappa shape index (κ2) is 5.14. The van der Waals surface area contributed by atoms with Crippen LogP contribution < -0.4 is 5.32 Å². The molecule has 0 aliphatic rings. The van der Waals surface area contributed by atoms with Crippen LogP contribution in [0, 0.1) is 6.92 Å². The number of nitrogens with zero attached hydrogens (tertiary/aromatic N) is 2. The molecule has 0 unspecified atom stereocenters. The number of hydrogen-bond acceptors (Lipinski definition) is 4. The number of aromatic nitrogens is 2. The van der Waals surface area contributed by atoms with Gasteiger partial charge in [-0.3, -0.25) is 4.79 Å². The summed E-state index contributed by atoms with van der Waals surface area (Å²) in [5.41, 5.74) is 0. The van der Waals surface area contributed by atoms with Gasteiger partial charge in [-0.25, -0.2) is 4.98 Å². The molecule has 0 atom stereocenters. The van der Waals surface area contributed by atoms with Crippen molar-refractivity contribution in [2.24, 2.45) is 0 Å². The summed E-state index contributed by atoms with van der Waals surface area (Å²) in [6.07, 6.45) is 1.12. The molecule has 1 N–H and O–H groups in total. The Morgan fingerprint density at radius 3 is 3.00 bits per heavy atom. The first-order chi connectivity index (χ1) is 6.22. The largest absolute Gasteiger partial charge is 0.301 e. The van der Waals surface area contributed by atoms with E-state index >= 15 is 0 Å². The summed E-state index contributed by atoms with van der Waals surface area (Å²) >= 11 is 6.63. The van der Waals surface area contributed by atoms with E-state index < -0.39 is 0 Å². The molecule has 13 heavy (non-hydrogen) atoms. The summed E-state index contributed by atoms with van der Waals surface area (Å²) in [6, 6.07) is 0. The van der Waals surface area contributed by atoms with Crippen molar-refractivity contribution in [3.8, 4) is 0 Å². The zero-order valence-corrected chi connectivity index (χ0v) is 8.78. The third kappa shape index (κ3) is 3.69. The quantitative estimate of drug-likeness (QED) is 0.786. The van der Waals surface area contributed by atoms with Gasteiger partial charge in [0.2, 0.25) is 11.0 Å². The molecule has 1 heterocycles. The highest BCUT2D eigenvalue weighted by molar-refractivity contribution is 7.09. The van der Waals surface area contributed by atoms with Crippen molar-refractivity contribution < 1.29 is 4.79 Å². The Kier molecular flexibility index (Phi) is 4.11. The predicted molar refractivity (Wildman–Crippen MR) is 53.2 cm³/mol. The molecule has 0 fully saturated rings. The van der Waals surface area contributed by atoms with E-state index in [4.69, 9.17) is 11.6 Å². The van der Waals surface area contributed by atoms with Crippen molar-refractivity contribution in [1.82, 2.24) is 9.36 Å². The Balaban J connectivity index is 2.36. The lowest BCUT2D eigenvalue weighted by molar-refractivity contribution is -0.116. The van der Waals surface area contributed by atoms with E-state index in [1.165, 1.54) is 11.5 Å². The lowest BCUT2D eigenvalue weighted by Gasteiger charge is -1.97. The first-order valence-corrected chi connectivity index (χ1v) is 5.19. The van der Waals surface area contributed by atoms with Crippen LogP contribution in [0.4, 0.5) is 5.13 Å². The molecule has 0 aromatic carbocycles. The number of amides is 1. The molecule has 0 saturated carbocycles. The minimum absolute atomic E-state index is 0.0585. The fourth-order valence-corrected chi connectivity index (χ4v) is 1.48. The smallest absolute Gasteiger partial charge is 0.226 e. The monoisotopic (exact) mass is 219 g/mol. The van der Waals surface area contributed by atoms with Crippen LogP contribution >= 0.6 is 23.1 Å². The maximum Gasteiger partial charge on any atom is 0.226 e. The molecule has 1 aromatic rings. The van der Waals surface area contributed by atoms with Crippen LogP contribution in [0.3, 0.4) is 0 Å². The third-order valence-electron chi connectivity index (χ3n) is 1.31. The number of halogens is 1. The van der Waals surface area contributed by atoms with Crippen LogP contribution in [0.5, 0.6) is 0 Å². The van der Waals surface area contributed by atoms with E-state index in [0.717, 1.165) is 0 Å². The van der Waals surface area contributed by atoms with Gasteiger partial charge in [0.15, 0.2) is 0 Å². The van der Waals surface area contributed by atoms with Crippen molar-refractivity contribution in [3.05, 3.63) is 5.82 Å². The molecule has 0 radical (unpaired) electrons. The van der Waals surface area contributed by atoms with E-state index in [0.29, 0.717) is 29.7 Å². The average Bonchev–Trinajstić information content (AvgIpc) is 2.48. The normalized spacial score (nSPS) is 10.0. The van der Waals surface area contributed by atoms with Crippen molar-refractivity contribution in [3.63, 3.8) is 0 Å². The second-order valence-corrected chi connectivity index (χ2v) is 3.62. The molecule has 1 aromatic heterocycles. The lowest BCUT2D eigenvalue weighted by Crippen LogP contribution is -2.10. The van der Waals surface area contributed by atoms with Gasteiger partial charge in [-0.05, 0) is 13.3 Å². The van der Waals surface area contributed by atoms with E-state index in [1.807, 2.05) is 0 Å². The molecule has 1 amide bonds. The highest BCUT2D eigenvalue weighted by Gasteiger charge is 2.04. The highest BCUT2D eigenvalue weighted by Crippen LogP contribution is 2.10. The molecular weight excluding hydrogens is 210 g/mol. The Morgan fingerprint density at radius 1 is 1.69 bits per heavy atom. The Hall–Kier alpha value is -0.680. The van der Waals surface area contributed by atoms with Crippen LogP contribution in [-0.4, -0.2) is 21.1 Å². The number of anilines is 1. The van der Waals surface area contributed by atoms with Crippen molar-refractivity contribution in [1.29, 1.82) is 0 Å². The Labute approximate surface area is 85.5 Å². The van der Waals surface area contributed by atoms with Crippen LogP contribution in [0.1, 0.15) is 18.7 Å². The summed E-state index contributed by atoms with van der Waals surface area (Å²) in [5.74, 6) is 1.12. The van der Waals surface area contributed by atoms with Crippen molar-refractivity contribution >= 4 is 34.2 Å². The van der Waals surface area contributed by atoms with Gasteiger partial charge >= 0.3 is 0 Å². The zero-order chi connectivity index (χ0) is 9.68. The van der Waals surface area contributed by atoms with E-state index in [2.05, 4.69) is 14.7 Å². The Bertz CT molecular complexity index is 289. The number of alkyl halides is 1. The highest BCUT2D eigenvalue weighted by atomic mass is 35.5. The van der Waals surface area contributed by atoms with E-state index in [1.54, 1.807) is 6.92 Å². The summed E-state index contributed by atoms with van der Waals surface area (Å²) in [7, 11) is 0. The summed E-state index contributed by atoms with van der Waals surface area (Å²) in [6.45, 7) is 1.78. The summed E-state index contributed by atoms with van der Waals surface area (Å²) in [4.78, 5) is 15.2. The first kappa shape index (κ1) is 10.4. The third-order valence-corrected chi connectivity index (χ3v) is 2.30. The molecule has 6 heteroatoms. The van der Waals surface area contributed by atoms with Crippen LogP contribution in [-0.2, 0) is 4.79 Å². The van der Waals surface area contributed by atoms with E-state index in [-0.39, 0.29) is 5.91 Å². The number of hydrogen-bond donors (Lipinski definition) is 1. The fraction of sp³-hybridized carbons (Fsp3) is 0.571. The molecule has 0 saturated heterocycles. The van der Waals surface area contributed by atoms with Gasteiger partial charge in [0.1, 0.15) is 5.82 Å². The van der Waals surface area contributed by atoms with Gasteiger partial charge < -0.3 is 5.32 Å². The first-order valence-electron chi connectivity index (χ1n) is 3.88. The molecule has 0 bridgehead atoms. The summed E-state index contributed by atoms with van der Waals surface area (Å²) < 4.78 is 3.94. The number of carbonyl (C=O) groups excluding carboxylic acids is 1. The van der Waals surface area contributed by atoms with Gasteiger partial charge in [0.25, 0.3) is 0 Å². The molecule has 4 nitrogen and oxygen atoms in total. The number of rotatable bonds is 4. The van der Waals surface area contributed by atoms with Gasteiger partial charge in [-0.15, -0.1) is 11.6 Å². The molecule has 1 rings (SSSR count). The maximum absolute atomic E-state index is 11.1. The minimum Gasteiger partial charge on any atom is -0.301 e. The SMILES string of the molecule is Cc1nsc(NC(=O)CCCCl)n1. The van der Waals surface area contributed by atoms with Gasteiger partial charge in [0, 0.05) is 23.8 Å². The molecule has 0 aliphatic carbocycles. The molecular formula is C7H10ClN3OS. The predicted octanol–water partition coefficient (Wildman–Crippen LogP) is 1.80. The molecule has 72 valence electrons. The van der Waals surface area contributed by atoms with Crippen LogP contribution in [0.25, 0.3) is 0 Å². The maximum atomic E-state index is 11.1. The minimum atomic E-state index is -0.0585. The topological polar surface area (TPSA) is 54.9 Å². The van der Waals surface area contributed by atoms with Gasteiger partial charge in [-0.1, -0.05) is 0 Å². The molecule has 0 aliphatic heterocycles. The number of carbonyl (C=O) groups is 1. The second-order valence-electron chi connectivity index (χ2n) is 2.49. The van der Waals surface area contributed by atoms with Crippen molar-refractivity contribution in [2.75, 3.05) is 11.2 Å². The van der Waals surface area contributed by atoms with E-state index in [9.17, 15) is 4.79 Å². The fourth-order valence-electron chi connectivity index (χ4n) is 0.757.